The van der Waals surface area contributed by atoms with Crippen LogP contribution in [0.15, 0.2) is 23.2 Å². The van der Waals surface area contributed by atoms with Gasteiger partial charge in [-0.05, 0) is 44.4 Å². The number of nitrogens with zero attached hydrogens (tertiary/aromatic N) is 2. The lowest BCUT2D eigenvalue weighted by Crippen LogP contribution is -2.46. The number of rotatable bonds is 6. The lowest BCUT2D eigenvalue weighted by molar-refractivity contribution is -0.149. The van der Waals surface area contributed by atoms with Crippen LogP contribution in [0, 0.1) is 17.6 Å². The predicted octanol–water partition coefficient (Wildman–Crippen LogP) is 3.93. The summed E-state index contributed by atoms with van der Waals surface area (Å²) in [5.74, 6) is -1.10. The molecule has 1 saturated heterocycles. The molecule has 0 radical (unpaired) electrons. The standard InChI is InChI=1S/C20H29F2N3O2.HI/c1-4-23-20(25-10-8-15(9-11-25)19(26)27-5-2)24-13-14(3)16-6-7-17(21)18(22)12-16;/h6-7,12,14-15H,4-5,8-11,13H2,1-3H3,(H,23,24);1H. The summed E-state index contributed by atoms with van der Waals surface area (Å²) in [5, 5.41) is 3.27. The number of nitrogens with one attached hydrogen (secondary N) is 1. The highest BCUT2D eigenvalue weighted by Crippen LogP contribution is 2.21. The van der Waals surface area contributed by atoms with E-state index in [0.717, 1.165) is 50.1 Å². The van der Waals surface area contributed by atoms with Gasteiger partial charge < -0.3 is 15.0 Å². The third kappa shape index (κ3) is 6.86. The topological polar surface area (TPSA) is 53.9 Å². The first-order valence-corrected chi connectivity index (χ1v) is 9.61. The van der Waals surface area contributed by atoms with E-state index in [-0.39, 0.29) is 41.8 Å². The SMILES string of the molecule is CCNC(=NCC(C)c1ccc(F)c(F)c1)N1CCC(C(=O)OCC)CC1.I. The van der Waals surface area contributed by atoms with E-state index in [1.54, 1.807) is 6.07 Å². The van der Waals surface area contributed by atoms with Gasteiger partial charge in [0.05, 0.1) is 12.5 Å². The minimum absolute atomic E-state index is 0. The molecule has 0 aliphatic carbocycles. The molecule has 1 fully saturated rings. The van der Waals surface area contributed by atoms with E-state index in [0.29, 0.717) is 13.2 Å². The molecule has 1 unspecified atom stereocenters. The number of ether oxygens (including phenoxy) is 1. The Morgan fingerprint density at radius 3 is 2.54 bits per heavy atom. The van der Waals surface area contributed by atoms with Crippen molar-refractivity contribution in [1.29, 1.82) is 0 Å². The first kappa shape index (κ1) is 24.6. The zero-order valence-corrected chi connectivity index (χ0v) is 19.0. The average Bonchev–Trinajstić information content (AvgIpc) is 2.67. The van der Waals surface area contributed by atoms with Crippen LogP contribution in [-0.4, -0.2) is 49.6 Å². The summed E-state index contributed by atoms with van der Waals surface area (Å²) in [6, 6.07) is 3.97. The minimum atomic E-state index is -0.840. The molecule has 1 heterocycles. The molecule has 1 aromatic rings. The molecule has 8 heteroatoms. The van der Waals surface area contributed by atoms with Crippen molar-refractivity contribution in [3.8, 4) is 0 Å². The number of likely N-dealkylation sites (tertiary alicyclic amines) is 1. The number of carbonyl (C=O) groups is 1. The quantitative estimate of drug-likeness (QED) is 0.274. The van der Waals surface area contributed by atoms with Crippen LogP contribution in [0.2, 0.25) is 0 Å². The van der Waals surface area contributed by atoms with E-state index in [2.05, 4.69) is 15.2 Å². The van der Waals surface area contributed by atoms with Gasteiger partial charge in [0.1, 0.15) is 0 Å². The van der Waals surface area contributed by atoms with Gasteiger partial charge in [-0.25, -0.2) is 8.78 Å². The van der Waals surface area contributed by atoms with Crippen molar-refractivity contribution >= 4 is 35.9 Å². The maximum Gasteiger partial charge on any atom is 0.309 e. The van der Waals surface area contributed by atoms with E-state index in [1.165, 1.54) is 6.07 Å². The maximum absolute atomic E-state index is 13.4. The molecule has 0 bridgehead atoms. The van der Waals surface area contributed by atoms with Gasteiger partial charge in [0, 0.05) is 32.1 Å². The number of guanidine groups is 1. The molecule has 0 spiro atoms. The van der Waals surface area contributed by atoms with Crippen LogP contribution in [-0.2, 0) is 9.53 Å². The zero-order chi connectivity index (χ0) is 19.8. The summed E-state index contributed by atoms with van der Waals surface area (Å²) >= 11 is 0. The van der Waals surface area contributed by atoms with Crippen LogP contribution < -0.4 is 5.32 Å². The summed E-state index contributed by atoms with van der Waals surface area (Å²) in [4.78, 5) is 18.7. The van der Waals surface area contributed by atoms with Crippen LogP contribution >= 0.6 is 24.0 Å². The first-order chi connectivity index (χ1) is 13.0. The van der Waals surface area contributed by atoms with Crippen LogP contribution in [0.3, 0.4) is 0 Å². The van der Waals surface area contributed by atoms with E-state index in [4.69, 9.17) is 4.74 Å². The van der Waals surface area contributed by atoms with Gasteiger partial charge in [-0.2, -0.15) is 0 Å². The summed E-state index contributed by atoms with van der Waals surface area (Å²) in [6.45, 7) is 8.82. The van der Waals surface area contributed by atoms with E-state index in [1.807, 2.05) is 20.8 Å². The molecular formula is C20H30F2IN3O2. The Balaban J connectivity index is 0.00000392. The number of piperidine rings is 1. The van der Waals surface area contributed by atoms with Crippen LogP contribution in [0.5, 0.6) is 0 Å². The molecule has 158 valence electrons. The summed E-state index contributed by atoms with van der Waals surface area (Å²) < 4.78 is 31.7. The lowest BCUT2D eigenvalue weighted by atomic mass is 9.97. The molecule has 0 aromatic heterocycles. The second-order valence-electron chi connectivity index (χ2n) is 6.78. The molecule has 5 nitrogen and oxygen atoms in total. The highest BCUT2D eigenvalue weighted by Gasteiger charge is 2.27. The second kappa shape index (κ2) is 12.2. The molecule has 2 rings (SSSR count). The molecule has 1 aliphatic heterocycles. The molecule has 1 N–H and O–H groups in total. The Kier molecular flexibility index (Phi) is 10.7. The molecule has 1 atom stereocenters. The second-order valence-corrected chi connectivity index (χ2v) is 6.78. The summed E-state index contributed by atoms with van der Waals surface area (Å²) in [5.41, 5.74) is 0.717. The third-order valence-electron chi connectivity index (χ3n) is 4.78. The fourth-order valence-electron chi connectivity index (χ4n) is 3.16. The van der Waals surface area contributed by atoms with Crippen molar-refractivity contribution in [3.63, 3.8) is 0 Å². The highest BCUT2D eigenvalue weighted by molar-refractivity contribution is 14.0. The van der Waals surface area contributed by atoms with Crippen molar-refractivity contribution in [2.24, 2.45) is 10.9 Å². The molecular weight excluding hydrogens is 479 g/mol. The molecule has 1 aliphatic rings. The van der Waals surface area contributed by atoms with Crippen LogP contribution in [0.4, 0.5) is 8.78 Å². The highest BCUT2D eigenvalue weighted by atomic mass is 127. The van der Waals surface area contributed by atoms with Gasteiger partial charge in [0.25, 0.3) is 0 Å². The fourth-order valence-corrected chi connectivity index (χ4v) is 3.16. The van der Waals surface area contributed by atoms with Gasteiger partial charge in [-0.15, -0.1) is 24.0 Å². The fraction of sp³-hybridized carbons (Fsp3) is 0.600. The third-order valence-corrected chi connectivity index (χ3v) is 4.78. The Morgan fingerprint density at radius 2 is 1.96 bits per heavy atom. The number of halogens is 3. The molecule has 1 aromatic carbocycles. The number of aliphatic imine (C=N–C) groups is 1. The largest absolute Gasteiger partial charge is 0.466 e. The van der Waals surface area contributed by atoms with E-state index >= 15 is 0 Å². The number of hydrogen-bond acceptors (Lipinski definition) is 3. The Labute approximate surface area is 182 Å². The van der Waals surface area contributed by atoms with Gasteiger partial charge >= 0.3 is 5.97 Å². The summed E-state index contributed by atoms with van der Waals surface area (Å²) in [7, 11) is 0. The molecule has 28 heavy (non-hydrogen) atoms. The first-order valence-electron chi connectivity index (χ1n) is 9.61. The van der Waals surface area contributed by atoms with Gasteiger partial charge in [-0.1, -0.05) is 13.0 Å². The Hall–Kier alpha value is -1.45. The monoisotopic (exact) mass is 509 g/mol. The maximum atomic E-state index is 13.4. The van der Waals surface area contributed by atoms with Gasteiger partial charge in [0.15, 0.2) is 17.6 Å². The minimum Gasteiger partial charge on any atom is -0.466 e. The van der Waals surface area contributed by atoms with Crippen molar-refractivity contribution in [2.75, 3.05) is 32.8 Å². The van der Waals surface area contributed by atoms with E-state index in [9.17, 15) is 13.6 Å². The molecule has 0 saturated carbocycles. The summed E-state index contributed by atoms with van der Waals surface area (Å²) in [6.07, 6.45) is 1.48. The van der Waals surface area contributed by atoms with Gasteiger partial charge in [0.2, 0.25) is 0 Å². The normalized spacial score (nSPS) is 16.3. The number of hydrogen-bond donors (Lipinski definition) is 1. The Bertz CT molecular complexity index is 665. The van der Waals surface area contributed by atoms with Gasteiger partial charge in [-0.3, -0.25) is 9.79 Å². The zero-order valence-electron chi connectivity index (χ0n) is 16.7. The molecule has 0 amide bonds. The lowest BCUT2D eigenvalue weighted by Gasteiger charge is -2.33. The number of benzene rings is 1. The van der Waals surface area contributed by atoms with Crippen molar-refractivity contribution in [1.82, 2.24) is 10.2 Å². The number of carbonyl (C=O) groups excluding carboxylic acids is 1. The van der Waals surface area contributed by atoms with E-state index < -0.39 is 11.6 Å². The van der Waals surface area contributed by atoms with Crippen LogP contribution in [0.25, 0.3) is 0 Å². The van der Waals surface area contributed by atoms with Crippen molar-refractivity contribution < 1.29 is 18.3 Å². The van der Waals surface area contributed by atoms with Crippen LogP contribution in [0.1, 0.15) is 45.1 Å². The predicted molar refractivity (Wildman–Crippen MR) is 117 cm³/mol. The Morgan fingerprint density at radius 1 is 1.29 bits per heavy atom. The average molecular weight is 509 g/mol. The van der Waals surface area contributed by atoms with Crippen molar-refractivity contribution in [3.05, 3.63) is 35.4 Å². The number of esters is 1. The van der Waals surface area contributed by atoms with Crippen molar-refractivity contribution in [2.45, 2.75) is 39.5 Å². The smallest absolute Gasteiger partial charge is 0.309 e.